The van der Waals surface area contributed by atoms with Crippen LogP contribution in [-0.4, -0.2) is 27.0 Å². The number of amides is 1. The minimum absolute atomic E-state index is 0.141. The topological polar surface area (TPSA) is 67.2 Å². The van der Waals surface area contributed by atoms with Crippen molar-refractivity contribution in [2.24, 2.45) is 5.41 Å². The van der Waals surface area contributed by atoms with Gasteiger partial charge >= 0.3 is 6.18 Å². The van der Waals surface area contributed by atoms with E-state index in [-0.39, 0.29) is 11.9 Å². The first-order valence-electron chi connectivity index (χ1n) is 6.88. The van der Waals surface area contributed by atoms with Gasteiger partial charge in [0.2, 0.25) is 5.91 Å². The highest BCUT2D eigenvalue weighted by molar-refractivity contribution is 5.94. The predicted octanol–water partition coefficient (Wildman–Crippen LogP) is 3.22. The molecule has 8 heteroatoms. The number of rotatable bonds is 3. The van der Waals surface area contributed by atoms with Gasteiger partial charge in [-0.1, -0.05) is 20.8 Å². The van der Waals surface area contributed by atoms with Crippen LogP contribution in [0.25, 0.3) is 0 Å². The Morgan fingerprint density at radius 2 is 1.77 bits per heavy atom. The average molecular weight is 321 g/mol. The molecule has 0 aliphatic rings. The van der Waals surface area contributed by atoms with Crippen LogP contribution in [0.2, 0.25) is 0 Å². The van der Waals surface area contributed by atoms with Crippen LogP contribution in [0.1, 0.15) is 53.1 Å². The van der Waals surface area contributed by atoms with Gasteiger partial charge in [0.25, 0.3) is 0 Å². The molecule has 1 heterocycles. The van der Waals surface area contributed by atoms with E-state index in [4.69, 9.17) is 0 Å². The monoisotopic (exact) mass is 321 g/mol. The molecule has 1 aromatic rings. The van der Waals surface area contributed by atoms with Crippen LogP contribution in [-0.2, 0) is 10.4 Å². The number of halogens is 3. The minimum atomic E-state index is -4.89. The first-order valence-corrected chi connectivity index (χ1v) is 6.88. The lowest BCUT2D eigenvalue weighted by atomic mass is 9.94. The maximum atomic E-state index is 13.1. The highest BCUT2D eigenvalue weighted by Crippen LogP contribution is 2.42. The second-order valence-corrected chi connectivity index (χ2v) is 6.72. The third-order valence-corrected chi connectivity index (χ3v) is 3.27. The van der Waals surface area contributed by atoms with Crippen molar-refractivity contribution in [2.45, 2.75) is 59.4 Å². The summed E-state index contributed by atoms with van der Waals surface area (Å²) in [6.07, 6.45) is -3.95. The summed E-state index contributed by atoms with van der Waals surface area (Å²) in [6.45, 7) is 8.99. The fourth-order valence-electron chi connectivity index (χ4n) is 1.68. The molecule has 0 aliphatic carbocycles. The Labute approximate surface area is 127 Å². The van der Waals surface area contributed by atoms with Crippen LogP contribution in [0.15, 0.2) is 6.20 Å². The Balaban J connectivity index is 3.41. The fourth-order valence-corrected chi connectivity index (χ4v) is 1.68. The van der Waals surface area contributed by atoms with Crippen molar-refractivity contribution in [3.8, 4) is 0 Å². The van der Waals surface area contributed by atoms with E-state index in [1.165, 1.54) is 4.68 Å². The molecule has 1 unspecified atom stereocenters. The fraction of sp³-hybridized carbons (Fsp3) is 0.714. The SMILES string of the molecule is CC(C)n1ncc(C(C)(O)C(F)(F)F)c1NC(=O)C(C)(C)C. The third-order valence-electron chi connectivity index (χ3n) is 3.27. The van der Waals surface area contributed by atoms with E-state index < -0.39 is 28.7 Å². The first-order chi connectivity index (χ1) is 9.69. The summed E-state index contributed by atoms with van der Waals surface area (Å²) in [5.74, 6) is -0.605. The number of hydrogen-bond donors (Lipinski definition) is 2. The molecule has 0 saturated carbocycles. The molecule has 5 nitrogen and oxygen atoms in total. The Hall–Kier alpha value is -1.57. The number of nitrogens with one attached hydrogen (secondary N) is 1. The number of carbonyl (C=O) groups excluding carboxylic acids is 1. The molecule has 1 atom stereocenters. The van der Waals surface area contributed by atoms with Gasteiger partial charge in [0, 0.05) is 11.5 Å². The molecule has 22 heavy (non-hydrogen) atoms. The number of carbonyl (C=O) groups is 1. The molecule has 0 fully saturated rings. The lowest BCUT2D eigenvalue weighted by Crippen LogP contribution is -2.40. The van der Waals surface area contributed by atoms with E-state index in [1.807, 2.05) is 0 Å². The van der Waals surface area contributed by atoms with Crippen LogP contribution in [0.5, 0.6) is 0 Å². The normalized spacial score (nSPS) is 15.8. The zero-order chi connectivity index (χ0) is 17.5. The second kappa shape index (κ2) is 5.57. The Kier molecular flexibility index (Phi) is 4.68. The first kappa shape index (κ1) is 18.5. The van der Waals surface area contributed by atoms with E-state index in [0.29, 0.717) is 6.92 Å². The van der Waals surface area contributed by atoms with Gasteiger partial charge < -0.3 is 10.4 Å². The molecule has 0 radical (unpaired) electrons. The van der Waals surface area contributed by atoms with Crippen molar-refractivity contribution in [3.63, 3.8) is 0 Å². The van der Waals surface area contributed by atoms with Gasteiger partial charge in [-0.15, -0.1) is 0 Å². The van der Waals surface area contributed by atoms with Gasteiger partial charge in [-0.2, -0.15) is 18.3 Å². The molecule has 2 N–H and O–H groups in total. The minimum Gasteiger partial charge on any atom is -0.376 e. The smallest absolute Gasteiger partial charge is 0.376 e. The summed E-state index contributed by atoms with van der Waals surface area (Å²) in [4.78, 5) is 12.1. The molecule has 0 aliphatic heterocycles. The van der Waals surface area contributed by atoms with Crippen LogP contribution < -0.4 is 5.32 Å². The Morgan fingerprint density at radius 1 is 1.27 bits per heavy atom. The molecule has 1 rings (SSSR count). The quantitative estimate of drug-likeness (QED) is 0.898. The van der Waals surface area contributed by atoms with Gasteiger partial charge in [-0.3, -0.25) is 4.79 Å². The van der Waals surface area contributed by atoms with Crippen LogP contribution >= 0.6 is 0 Å². The van der Waals surface area contributed by atoms with Crippen LogP contribution in [0.4, 0.5) is 19.0 Å². The van der Waals surface area contributed by atoms with Crippen molar-refractivity contribution < 1.29 is 23.1 Å². The molecular formula is C14H22F3N3O2. The third kappa shape index (κ3) is 3.43. The van der Waals surface area contributed by atoms with E-state index in [0.717, 1.165) is 6.20 Å². The van der Waals surface area contributed by atoms with Crippen molar-refractivity contribution >= 4 is 11.7 Å². The van der Waals surface area contributed by atoms with Gasteiger partial charge in [0.15, 0.2) is 5.60 Å². The van der Waals surface area contributed by atoms with Crippen molar-refractivity contribution in [3.05, 3.63) is 11.8 Å². The van der Waals surface area contributed by atoms with Crippen molar-refractivity contribution in [2.75, 3.05) is 5.32 Å². The maximum absolute atomic E-state index is 13.1. The largest absolute Gasteiger partial charge is 0.421 e. The standard InChI is InChI=1S/C14H22F3N3O2/c1-8(2)20-10(19-11(21)12(3,4)5)9(7-18-20)13(6,22)14(15,16)17/h7-8,22H,1-6H3,(H,19,21). The number of hydrogen-bond acceptors (Lipinski definition) is 3. The summed E-state index contributed by atoms with van der Waals surface area (Å²) in [6, 6.07) is -0.284. The summed E-state index contributed by atoms with van der Waals surface area (Å²) in [5, 5.41) is 16.2. The number of nitrogens with zero attached hydrogens (tertiary/aromatic N) is 2. The summed E-state index contributed by atoms with van der Waals surface area (Å²) < 4.78 is 40.5. The second-order valence-electron chi connectivity index (χ2n) is 6.72. The summed E-state index contributed by atoms with van der Waals surface area (Å²) >= 11 is 0. The summed E-state index contributed by atoms with van der Waals surface area (Å²) in [5.41, 5.74) is -4.39. The lowest BCUT2D eigenvalue weighted by molar-refractivity contribution is -0.258. The zero-order valence-corrected chi connectivity index (χ0v) is 13.5. The molecule has 0 bridgehead atoms. The van der Waals surface area contributed by atoms with E-state index >= 15 is 0 Å². The van der Waals surface area contributed by atoms with E-state index in [9.17, 15) is 23.1 Å². The van der Waals surface area contributed by atoms with Crippen molar-refractivity contribution in [1.29, 1.82) is 0 Å². The Morgan fingerprint density at radius 3 is 2.14 bits per heavy atom. The molecular weight excluding hydrogens is 299 g/mol. The van der Waals surface area contributed by atoms with Gasteiger partial charge in [-0.05, 0) is 20.8 Å². The molecule has 0 saturated heterocycles. The van der Waals surface area contributed by atoms with Crippen LogP contribution in [0.3, 0.4) is 0 Å². The highest BCUT2D eigenvalue weighted by atomic mass is 19.4. The number of aromatic nitrogens is 2. The van der Waals surface area contributed by atoms with Crippen molar-refractivity contribution in [1.82, 2.24) is 9.78 Å². The number of aliphatic hydroxyl groups is 1. The van der Waals surface area contributed by atoms with Crippen LogP contribution in [0, 0.1) is 5.41 Å². The maximum Gasteiger partial charge on any atom is 0.421 e. The lowest BCUT2D eigenvalue weighted by Gasteiger charge is -2.28. The predicted molar refractivity (Wildman–Crippen MR) is 76.3 cm³/mol. The molecule has 0 aromatic carbocycles. The number of alkyl halides is 3. The Bertz CT molecular complexity index is 555. The molecule has 126 valence electrons. The van der Waals surface area contributed by atoms with E-state index in [2.05, 4.69) is 10.4 Å². The highest BCUT2D eigenvalue weighted by Gasteiger charge is 2.53. The number of anilines is 1. The van der Waals surface area contributed by atoms with Gasteiger partial charge in [0.05, 0.1) is 11.8 Å². The summed E-state index contributed by atoms with van der Waals surface area (Å²) in [7, 11) is 0. The van der Waals surface area contributed by atoms with E-state index in [1.54, 1.807) is 34.6 Å². The molecule has 1 aromatic heterocycles. The van der Waals surface area contributed by atoms with Gasteiger partial charge in [-0.25, -0.2) is 4.68 Å². The zero-order valence-electron chi connectivity index (χ0n) is 13.5. The van der Waals surface area contributed by atoms with Gasteiger partial charge in [0.1, 0.15) is 5.82 Å². The molecule has 1 amide bonds. The average Bonchev–Trinajstić information content (AvgIpc) is 2.70. The molecule has 0 spiro atoms.